The fraction of sp³-hybridized carbons (Fsp3) is 0.350. The smallest absolute Gasteiger partial charge is 0.261 e. The number of amides is 1. The molecule has 2 aromatic rings. The fourth-order valence-corrected chi connectivity index (χ4v) is 2.45. The number of nitrogens with one attached hydrogen (secondary N) is 1. The largest absolute Gasteiger partial charge is 0.497 e. The van der Waals surface area contributed by atoms with E-state index in [0.717, 1.165) is 5.56 Å². The van der Waals surface area contributed by atoms with E-state index >= 15 is 0 Å². The normalized spacial score (nSPS) is 11.5. The van der Waals surface area contributed by atoms with Crippen molar-refractivity contribution in [1.29, 1.82) is 0 Å². The number of methoxy groups -OCH3 is 1. The van der Waals surface area contributed by atoms with Gasteiger partial charge in [-0.1, -0.05) is 30.7 Å². The highest BCUT2D eigenvalue weighted by Crippen LogP contribution is 2.22. The molecule has 2 rings (SSSR count). The minimum Gasteiger partial charge on any atom is -0.497 e. The fourth-order valence-electron chi connectivity index (χ4n) is 2.28. The molecule has 26 heavy (non-hydrogen) atoms. The first-order valence-corrected chi connectivity index (χ1v) is 8.88. The predicted octanol–water partition coefficient (Wildman–Crippen LogP) is 4.01. The van der Waals surface area contributed by atoms with Gasteiger partial charge in [-0.15, -0.1) is 0 Å². The predicted molar refractivity (Wildman–Crippen MR) is 102 cm³/mol. The Kier molecular flexibility index (Phi) is 7.60. The lowest BCUT2D eigenvalue weighted by molar-refractivity contribution is -0.128. The van der Waals surface area contributed by atoms with Crippen molar-refractivity contribution in [1.82, 2.24) is 5.32 Å². The molecule has 0 aliphatic rings. The van der Waals surface area contributed by atoms with E-state index in [1.165, 1.54) is 0 Å². The number of hydrogen-bond acceptors (Lipinski definition) is 4. The lowest BCUT2D eigenvalue weighted by atomic mass is 10.2. The van der Waals surface area contributed by atoms with Crippen molar-refractivity contribution >= 4 is 17.5 Å². The minimum absolute atomic E-state index is 0.180. The minimum atomic E-state index is -0.573. The van der Waals surface area contributed by atoms with Gasteiger partial charge < -0.3 is 19.5 Å². The van der Waals surface area contributed by atoms with E-state index in [0.29, 0.717) is 41.8 Å². The third kappa shape index (κ3) is 5.85. The van der Waals surface area contributed by atoms with Crippen LogP contribution in [0.25, 0.3) is 0 Å². The van der Waals surface area contributed by atoms with Gasteiger partial charge in [0.2, 0.25) is 0 Å². The number of benzene rings is 2. The Morgan fingerprint density at radius 2 is 1.92 bits per heavy atom. The van der Waals surface area contributed by atoms with Crippen molar-refractivity contribution in [3.8, 4) is 17.2 Å². The highest BCUT2D eigenvalue weighted by atomic mass is 35.5. The van der Waals surface area contributed by atoms with Crippen LogP contribution in [-0.4, -0.2) is 32.3 Å². The molecule has 2 aromatic carbocycles. The maximum atomic E-state index is 12.3. The third-order valence-corrected chi connectivity index (χ3v) is 4.20. The van der Waals surface area contributed by atoms with E-state index < -0.39 is 6.10 Å². The molecule has 0 saturated heterocycles. The van der Waals surface area contributed by atoms with Crippen LogP contribution in [0.2, 0.25) is 5.02 Å². The summed E-state index contributed by atoms with van der Waals surface area (Å²) in [6, 6.07) is 12.7. The van der Waals surface area contributed by atoms with Crippen LogP contribution in [0.3, 0.4) is 0 Å². The van der Waals surface area contributed by atoms with Crippen molar-refractivity contribution in [2.75, 3.05) is 20.3 Å². The molecule has 6 heteroatoms. The highest BCUT2D eigenvalue weighted by Gasteiger charge is 2.18. The van der Waals surface area contributed by atoms with Gasteiger partial charge in [-0.25, -0.2) is 0 Å². The number of carbonyl (C=O) groups is 1. The van der Waals surface area contributed by atoms with Crippen LogP contribution in [0.1, 0.15) is 18.9 Å². The summed E-state index contributed by atoms with van der Waals surface area (Å²) in [5.41, 5.74) is 0.993. The summed E-state index contributed by atoms with van der Waals surface area (Å²) < 4.78 is 16.5. The monoisotopic (exact) mass is 377 g/mol. The van der Waals surface area contributed by atoms with E-state index in [1.54, 1.807) is 25.3 Å². The van der Waals surface area contributed by atoms with Crippen LogP contribution >= 0.6 is 11.6 Å². The van der Waals surface area contributed by atoms with E-state index in [2.05, 4.69) is 5.32 Å². The lowest BCUT2D eigenvalue weighted by Crippen LogP contribution is -2.39. The number of aryl methyl sites for hydroxylation is 1. The molecule has 0 radical (unpaired) electrons. The molecular formula is C20H24ClNO4. The molecule has 5 nitrogen and oxygen atoms in total. The van der Waals surface area contributed by atoms with E-state index in [-0.39, 0.29) is 5.91 Å². The highest BCUT2D eigenvalue weighted by molar-refractivity contribution is 6.31. The zero-order chi connectivity index (χ0) is 18.9. The zero-order valence-corrected chi connectivity index (χ0v) is 16.0. The summed E-state index contributed by atoms with van der Waals surface area (Å²) in [6.45, 7) is 4.55. The van der Waals surface area contributed by atoms with Gasteiger partial charge in [0.15, 0.2) is 6.10 Å². The summed E-state index contributed by atoms with van der Waals surface area (Å²) in [5.74, 6) is 1.77. The number of halogens is 1. The number of hydrogen-bond donors (Lipinski definition) is 1. The van der Waals surface area contributed by atoms with Gasteiger partial charge in [0.25, 0.3) is 5.91 Å². The molecule has 0 unspecified atom stereocenters. The SMILES string of the molecule is CC[C@@H](Oc1cccc(OC)c1)C(=O)NCCOc1ccc(C)c(Cl)c1. The Morgan fingerprint density at radius 3 is 2.62 bits per heavy atom. The van der Waals surface area contributed by atoms with Gasteiger partial charge in [-0.3, -0.25) is 4.79 Å². The molecule has 1 N–H and O–H groups in total. The summed E-state index contributed by atoms with van der Waals surface area (Å²) >= 11 is 6.06. The average Bonchev–Trinajstić information content (AvgIpc) is 2.66. The summed E-state index contributed by atoms with van der Waals surface area (Å²) in [5, 5.41) is 3.48. The van der Waals surface area contributed by atoms with Crippen LogP contribution in [0.15, 0.2) is 42.5 Å². The molecule has 0 aliphatic carbocycles. The molecule has 0 heterocycles. The first-order valence-electron chi connectivity index (χ1n) is 8.51. The molecule has 0 bridgehead atoms. The topological polar surface area (TPSA) is 56.8 Å². The van der Waals surface area contributed by atoms with Crippen molar-refractivity contribution in [3.63, 3.8) is 0 Å². The zero-order valence-electron chi connectivity index (χ0n) is 15.3. The summed E-state index contributed by atoms with van der Waals surface area (Å²) in [6.07, 6.45) is -0.0202. The number of carbonyl (C=O) groups excluding carboxylic acids is 1. The lowest BCUT2D eigenvalue weighted by Gasteiger charge is -2.18. The first-order chi connectivity index (χ1) is 12.5. The second-order valence-corrected chi connectivity index (χ2v) is 6.15. The number of ether oxygens (including phenoxy) is 3. The van der Waals surface area contributed by atoms with Crippen LogP contribution < -0.4 is 19.5 Å². The van der Waals surface area contributed by atoms with Gasteiger partial charge in [-0.05, 0) is 43.2 Å². The number of rotatable bonds is 9. The molecule has 140 valence electrons. The van der Waals surface area contributed by atoms with E-state index in [4.69, 9.17) is 25.8 Å². The Bertz CT molecular complexity index is 736. The standard InChI is InChI=1S/C20H24ClNO4/c1-4-19(26-17-7-5-6-15(12-17)24-3)20(23)22-10-11-25-16-9-8-14(2)18(21)13-16/h5-9,12-13,19H,4,10-11H2,1-3H3,(H,22,23)/t19-/m1/s1. The quantitative estimate of drug-likeness (QED) is 0.671. The van der Waals surface area contributed by atoms with Crippen molar-refractivity contribution in [2.24, 2.45) is 0 Å². The molecule has 0 spiro atoms. The Labute approximate surface area is 159 Å². The maximum Gasteiger partial charge on any atom is 0.261 e. The summed E-state index contributed by atoms with van der Waals surface area (Å²) in [4.78, 5) is 12.3. The molecule has 0 saturated carbocycles. The van der Waals surface area contributed by atoms with Gasteiger partial charge in [-0.2, -0.15) is 0 Å². The van der Waals surface area contributed by atoms with Gasteiger partial charge in [0, 0.05) is 11.1 Å². The Morgan fingerprint density at radius 1 is 1.15 bits per heavy atom. The van der Waals surface area contributed by atoms with Crippen molar-refractivity contribution in [2.45, 2.75) is 26.4 Å². The van der Waals surface area contributed by atoms with Crippen molar-refractivity contribution < 1.29 is 19.0 Å². The maximum absolute atomic E-state index is 12.3. The van der Waals surface area contributed by atoms with Crippen LogP contribution in [0.5, 0.6) is 17.2 Å². The Hall–Kier alpha value is -2.40. The van der Waals surface area contributed by atoms with Crippen molar-refractivity contribution in [3.05, 3.63) is 53.1 Å². The second-order valence-electron chi connectivity index (χ2n) is 5.74. The molecule has 1 amide bonds. The molecule has 0 aromatic heterocycles. The Balaban J connectivity index is 1.80. The molecule has 0 fully saturated rings. The summed E-state index contributed by atoms with van der Waals surface area (Å²) in [7, 11) is 1.59. The second kappa shape index (κ2) is 9.92. The van der Waals surface area contributed by atoms with Gasteiger partial charge in [0.1, 0.15) is 23.9 Å². The molecular weight excluding hydrogens is 354 g/mol. The third-order valence-electron chi connectivity index (χ3n) is 3.80. The van der Waals surface area contributed by atoms with Gasteiger partial charge >= 0.3 is 0 Å². The first kappa shape index (κ1) is 19.9. The van der Waals surface area contributed by atoms with Crippen LogP contribution in [-0.2, 0) is 4.79 Å². The van der Waals surface area contributed by atoms with E-state index in [9.17, 15) is 4.79 Å². The van der Waals surface area contributed by atoms with Crippen LogP contribution in [0.4, 0.5) is 0 Å². The average molecular weight is 378 g/mol. The van der Waals surface area contributed by atoms with Gasteiger partial charge in [0.05, 0.1) is 13.7 Å². The molecule has 0 aliphatic heterocycles. The van der Waals surface area contributed by atoms with E-state index in [1.807, 2.05) is 38.1 Å². The molecule has 1 atom stereocenters. The van der Waals surface area contributed by atoms with Crippen LogP contribution in [0, 0.1) is 6.92 Å².